The van der Waals surface area contributed by atoms with E-state index < -0.39 is 13.0 Å². The van der Waals surface area contributed by atoms with Gasteiger partial charge in [-0.3, -0.25) is 4.99 Å². The van der Waals surface area contributed by atoms with Crippen molar-refractivity contribution in [3.05, 3.63) is 48.0 Å². The Bertz CT molecular complexity index is 624. The van der Waals surface area contributed by atoms with Gasteiger partial charge in [-0.15, -0.1) is 24.0 Å². The van der Waals surface area contributed by atoms with E-state index in [0.717, 1.165) is 11.3 Å². The maximum Gasteiger partial charge on any atom is 0.272 e. The molecule has 24 heavy (non-hydrogen) atoms. The standard InChI is InChI=1S/C15H18F2N4O2.HI/c1-18-15(21-9-12-3-2-6-22-12)20-8-11-4-5-19-14(7-11)23-10-13(16)17;/h2-7,13H,8-10H2,1H3,(H2,18,20,21);1H. The van der Waals surface area contributed by atoms with Gasteiger partial charge in [0.25, 0.3) is 6.43 Å². The number of furan rings is 1. The molecule has 0 aromatic carbocycles. The summed E-state index contributed by atoms with van der Waals surface area (Å²) >= 11 is 0. The summed E-state index contributed by atoms with van der Waals surface area (Å²) < 4.78 is 34.4. The van der Waals surface area contributed by atoms with Crippen molar-refractivity contribution >= 4 is 29.9 Å². The third-order valence-corrected chi connectivity index (χ3v) is 2.85. The van der Waals surface area contributed by atoms with Crippen LogP contribution in [0.5, 0.6) is 5.88 Å². The Hall–Kier alpha value is -1.91. The minimum atomic E-state index is -2.52. The number of guanidine groups is 1. The van der Waals surface area contributed by atoms with Crippen LogP contribution in [0.15, 0.2) is 46.1 Å². The van der Waals surface area contributed by atoms with E-state index in [1.54, 1.807) is 25.4 Å². The Morgan fingerprint density at radius 3 is 2.79 bits per heavy atom. The van der Waals surface area contributed by atoms with Gasteiger partial charge >= 0.3 is 0 Å². The molecule has 132 valence electrons. The quantitative estimate of drug-likeness (QED) is 0.384. The summed E-state index contributed by atoms with van der Waals surface area (Å²) in [7, 11) is 1.65. The summed E-state index contributed by atoms with van der Waals surface area (Å²) in [6, 6.07) is 7.04. The number of hydrogen-bond donors (Lipinski definition) is 2. The Morgan fingerprint density at radius 1 is 1.33 bits per heavy atom. The number of nitrogens with zero attached hydrogens (tertiary/aromatic N) is 2. The van der Waals surface area contributed by atoms with Crippen LogP contribution in [0, 0.1) is 0 Å². The molecule has 0 atom stereocenters. The van der Waals surface area contributed by atoms with E-state index in [1.165, 1.54) is 6.20 Å². The Labute approximate surface area is 155 Å². The summed E-state index contributed by atoms with van der Waals surface area (Å²) in [6.45, 7) is 0.285. The van der Waals surface area contributed by atoms with Crippen molar-refractivity contribution in [3.63, 3.8) is 0 Å². The zero-order valence-corrected chi connectivity index (χ0v) is 15.4. The van der Waals surface area contributed by atoms with Crippen LogP contribution < -0.4 is 15.4 Å². The largest absolute Gasteiger partial charge is 0.472 e. The molecular formula is C15H19F2IN4O2. The van der Waals surface area contributed by atoms with Gasteiger partial charge < -0.3 is 19.8 Å². The maximum atomic E-state index is 12.1. The van der Waals surface area contributed by atoms with Crippen molar-refractivity contribution in [1.29, 1.82) is 0 Å². The second-order valence-electron chi connectivity index (χ2n) is 4.56. The normalized spacial score (nSPS) is 11.1. The average Bonchev–Trinajstić information content (AvgIpc) is 3.07. The number of halogens is 3. The van der Waals surface area contributed by atoms with Crippen LogP contribution in [0.3, 0.4) is 0 Å². The Kier molecular flexibility index (Phi) is 9.05. The molecule has 2 rings (SSSR count). The predicted molar refractivity (Wildman–Crippen MR) is 96.9 cm³/mol. The Balaban J connectivity index is 0.00000288. The highest BCUT2D eigenvalue weighted by Gasteiger charge is 2.06. The zero-order chi connectivity index (χ0) is 16.5. The molecule has 0 spiro atoms. The van der Waals surface area contributed by atoms with Crippen molar-refractivity contribution in [3.8, 4) is 5.88 Å². The van der Waals surface area contributed by atoms with Crippen LogP contribution in [-0.2, 0) is 13.1 Å². The molecule has 0 bridgehead atoms. The number of hydrogen-bond acceptors (Lipinski definition) is 4. The number of aromatic nitrogens is 1. The first-order valence-corrected chi connectivity index (χ1v) is 7.00. The fourth-order valence-corrected chi connectivity index (χ4v) is 1.78. The molecule has 2 N–H and O–H groups in total. The summed E-state index contributed by atoms with van der Waals surface area (Å²) in [5, 5.41) is 6.20. The van der Waals surface area contributed by atoms with Gasteiger partial charge in [-0.05, 0) is 23.8 Å². The monoisotopic (exact) mass is 452 g/mol. The smallest absolute Gasteiger partial charge is 0.272 e. The predicted octanol–water partition coefficient (Wildman–Crippen LogP) is 2.80. The second kappa shape index (κ2) is 10.8. The third-order valence-electron chi connectivity index (χ3n) is 2.85. The lowest BCUT2D eigenvalue weighted by atomic mass is 10.2. The molecule has 0 aliphatic heterocycles. The van der Waals surface area contributed by atoms with E-state index in [4.69, 9.17) is 9.15 Å². The van der Waals surface area contributed by atoms with Gasteiger partial charge in [-0.2, -0.15) is 0 Å². The molecule has 2 aromatic rings. The number of pyridine rings is 1. The first kappa shape index (κ1) is 20.1. The van der Waals surface area contributed by atoms with Crippen LogP contribution in [0.25, 0.3) is 0 Å². The number of ether oxygens (including phenoxy) is 1. The fourth-order valence-electron chi connectivity index (χ4n) is 1.78. The lowest BCUT2D eigenvalue weighted by Gasteiger charge is -2.11. The van der Waals surface area contributed by atoms with Gasteiger partial charge in [-0.1, -0.05) is 0 Å². The van der Waals surface area contributed by atoms with Crippen LogP contribution in [-0.4, -0.2) is 31.0 Å². The first-order chi connectivity index (χ1) is 11.2. The minimum Gasteiger partial charge on any atom is -0.472 e. The molecule has 0 saturated heterocycles. The summed E-state index contributed by atoms with van der Waals surface area (Å²) in [5.74, 6) is 1.55. The SMILES string of the molecule is CN=C(NCc1ccnc(OCC(F)F)c1)NCc1ccco1.I. The molecule has 2 aromatic heterocycles. The van der Waals surface area contributed by atoms with E-state index in [2.05, 4.69) is 20.6 Å². The number of alkyl halides is 2. The highest BCUT2D eigenvalue weighted by atomic mass is 127. The van der Waals surface area contributed by atoms with Crippen molar-refractivity contribution in [2.75, 3.05) is 13.7 Å². The highest BCUT2D eigenvalue weighted by Crippen LogP contribution is 2.10. The van der Waals surface area contributed by atoms with E-state index >= 15 is 0 Å². The van der Waals surface area contributed by atoms with Gasteiger partial charge in [0.1, 0.15) is 5.76 Å². The zero-order valence-electron chi connectivity index (χ0n) is 13.0. The van der Waals surface area contributed by atoms with Crippen LogP contribution in [0.2, 0.25) is 0 Å². The first-order valence-electron chi connectivity index (χ1n) is 7.00. The van der Waals surface area contributed by atoms with Crippen molar-refractivity contribution in [2.45, 2.75) is 19.5 Å². The van der Waals surface area contributed by atoms with Crippen LogP contribution >= 0.6 is 24.0 Å². The average molecular weight is 452 g/mol. The topological polar surface area (TPSA) is 71.7 Å². The van der Waals surface area contributed by atoms with Gasteiger partial charge in [0.2, 0.25) is 5.88 Å². The minimum absolute atomic E-state index is 0. The highest BCUT2D eigenvalue weighted by molar-refractivity contribution is 14.0. The van der Waals surface area contributed by atoms with Gasteiger partial charge in [0, 0.05) is 25.9 Å². The summed E-state index contributed by atoms with van der Waals surface area (Å²) in [4.78, 5) is 7.98. The fraction of sp³-hybridized carbons (Fsp3) is 0.333. The van der Waals surface area contributed by atoms with Crippen LogP contribution in [0.1, 0.15) is 11.3 Å². The van der Waals surface area contributed by atoms with Gasteiger partial charge in [0.05, 0.1) is 12.8 Å². The Morgan fingerprint density at radius 2 is 2.12 bits per heavy atom. The lowest BCUT2D eigenvalue weighted by Crippen LogP contribution is -2.36. The number of aliphatic imine (C=N–C) groups is 1. The maximum absolute atomic E-state index is 12.1. The molecule has 0 radical (unpaired) electrons. The molecule has 0 unspecified atom stereocenters. The van der Waals surface area contributed by atoms with E-state index in [0.29, 0.717) is 19.0 Å². The third kappa shape index (κ3) is 7.11. The van der Waals surface area contributed by atoms with E-state index in [9.17, 15) is 8.78 Å². The number of rotatable bonds is 7. The van der Waals surface area contributed by atoms with Crippen molar-refractivity contribution < 1.29 is 17.9 Å². The number of nitrogens with one attached hydrogen (secondary N) is 2. The summed E-state index contributed by atoms with van der Waals surface area (Å²) in [5.41, 5.74) is 0.838. The van der Waals surface area contributed by atoms with E-state index in [-0.39, 0.29) is 29.9 Å². The second-order valence-corrected chi connectivity index (χ2v) is 4.56. The van der Waals surface area contributed by atoms with Crippen molar-refractivity contribution in [1.82, 2.24) is 15.6 Å². The molecule has 0 aliphatic carbocycles. The molecule has 0 amide bonds. The molecular weight excluding hydrogens is 433 g/mol. The van der Waals surface area contributed by atoms with E-state index in [1.807, 2.05) is 12.1 Å². The molecule has 0 saturated carbocycles. The van der Waals surface area contributed by atoms with Crippen molar-refractivity contribution in [2.24, 2.45) is 4.99 Å². The molecule has 2 heterocycles. The molecule has 0 fully saturated rings. The van der Waals surface area contributed by atoms with Crippen LogP contribution in [0.4, 0.5) is 8.78 Å². The van der Waals surface area contributed by atoms with Gasteiger partial charge in [-0.25, -0.2) is 13.8 Å². The molecule has 6 nitrogen and oxygen atoms in total. The lowest BCUT2D eigenvalue weighted by molar-refractivity contribution is 0.0795. The molecule has 9 heteroatoms. The summed E-state index contributed by atoms with van der Waals surface area (Å²) in [6.07, 6.45) is 0.588. The molecule has 0 aliphatic rings. The van der Waals surface area contributed by atoms with Gasteiger partial charge in [0.15, 0.2) is 12.6 Å².